The molecule has 0 fully saturated rings. The highest BCUT2D eigenvalue weighted by Crippen LogP contribution is 2.21. The van der Waals surface area contributed by atoms with Crippen molar-refractivity contribution < 1.29 is 4.52 Å². The third-order valence-electron chi connectivity index (χ3n) is 3.33. The second kappa shape index (κ2) is 7.55. The Morgan fingerprint density at radius 2 is 2.20 bits per heavy atom. The first-order valence-electron chi connectivity index (χ1n) is 7.31. The highest BCUT2D eigenvalue weighted by molar-refractivity contribution is 7.13. The SMILES string of the molecule is CCCCCN(Cc1nc(-c2cccs2)no1)C(C)C. The van der Waals surface area contributed by atoms with Gasteiger partial charge in [-0.15, -0.1) is 11.3 Å². The fraction of sp³-hybridized carbons (Fsp3) is 0.600. The van der Waals surface area contributed by atoms with Gasteiger partial charge >= 0.3 is 0 Å². The summed E-state index contributed by atoms with van der Waals surface area (Å²) in [5, 5.41) is 6.09. The molecule has 2 heterocycles. The molecule has 0 unspecified atom stereocenters. The van der Waals surface area contributed by atoms with Gasteiger partial charge in [0.05, 0.1) is 11.4 Å². The van der Waals surface area contributed by atoms with Crippen molar-refractivity contribution in [1.29, 1.82) is 0 Å². The van der Waals surface area contributed by atoms with Gasteiger partial charge in [-0.1, -0.05) is 31.0 Å². The molecule has 0 radical (unpaired) electrons. The van der Waals surface area contributed by atoms with Crippen LogP contribution < -0.4 is 0 Å². The summed E-state index contributed by atoms with van der Waals surface area (Å²) in [5.74, 6) is 1.41. The van der Waals surface area contributed by atoms with Crippen LogP contribution in [0.2, 0.25) is 0 Å². The van der Waals surface area contributed by atoms with Crippen LogP contribution in [0.5, 0.6) is 0 Å². The van der Waals surface area contributed by atoms with Gasteiger partial charge in [-0.3, -0.25) is 4.90 Å². The van der Waals surface area contributed by atoms with Gasteiger partial charge in [0.2, 0.25) is 11.7 Å². The Kier molecular flexibility index (Phi) is 5.73. The van der Waals surface area contributed by atoms with E-state index in [0.717, 1.165) is 18.0 Å². The van der Waals surface area contributed by atoms with Crippen LogP contribution in [-0.4, -0.2) is 27.6 Å². The lowest BCUT2D eigenvalue weighted by Crippen LogP contribution is -2.31. The van der Waals surface area contributed by atoms with E-state index in [1.165, 1.54) is 19.3 Å². The molecule has 0 spiro atoms. The third kappa shape index (κ3) is 4.15. The molecule has 2 aromatic rings. The molecule has 0 aromatic carbocycles. The van der Waals surface area contributed by atoms with E-state index in [9.17, 15) is 0 Å². The maximum absolute atomic E-state index is 5.38. The van der Waals surface area contributed by atoms with E-state index >= 15 is 0 Å². The van der Waals surface area contributed by atoms with E-state index in [0.29, 0.717) is 17.8 Å². The van der Waals surface area contributed by atoms with Gasteiger partial charge < -0.3 is 4.52 Å². The van der Waals surface area contributed by atoms with Crippen LogP contribution in [0, 0.1) is 0 Å². The smallest absolute Gasteiger partial charge is 0.241 e. The molecular weight excluding hydrogens is 270 g/mol. The predicted molar refractivity (Wildman–Crippen MR) is 82.7 cm³/mol. The average molecular weight is 293 g/mol. The standard InChI is InChI=1S/C15H23N3OS/c1-4-5-6-9-18(12(2)3)11-14-16-15(17-19-14)13-8-7-10-20-13/h7-8,10,12H,4-6,9,11H2,1-3H3. The molecular formula is C15H23N3OS. The van der Waals surface area contributed by atoms with E-state index < -0.39 is 0 Å². The fourth-order valence-electron chi connectivity index (χ4n) is 2.08. The second-order valence-electron chi connectivity index (χ2n) is 5.26. The number of hydrogen-bond donors (Lipinski definition) is 0. The molecule has 0 bridgehead atoms. The van der Waals surface area contributed by atoms with Gasteiger partial charge in [0.25, 0.3) is 0 Å². The summed E-state index contributed by atoms with van der Waals surface area (Å²) in [4.78, 5) is 7.94. The molecule has 0 aliphatic heterocycles. The van der Waals surface area contributed by atoms with Gasteiger partial charge in [-0.05, 0) is 38.3 Å². The normalized spacial score (nSPS) is 11.7. The lowest BCUT2D eigenvalue weighted by molar-refractivity contribution is 0.181. The Hall–Kier alpha value is -1.20. The summed E-state index contributed by atoms with van der Waals surface area (Å²) >= 11 is 1.63. The van der Waals surface area contributed by atoms with Gasteiger partial charge in [0.1, 0.15) is 0 Å². The van der Waals surface area contributed by atoms with Crippen molar-refractivity contribution in [2.45, 2.75) is 52.6 Å². The molecule has 0 amide bonds. The topological polar surface area (TPSA) is 42.2 Å². The number of aromatic nitrogens is 2. The van der Waals surface area contributed by atoms with Crippen LogP contribution in [0.1, 0.15) is 45.9 Å². The zero-order valence-electron chi connectivity index (χ0n) is 12.5. The lowest BCUT2D eigenvalue weighted by atomic mass is 10.2. The molecule has 2 aromatic heterocycles. The third-order valence-corrected chi connectivity index (χ3v) is 4.19. The molecule has 20 heavy (non-hydrogen) atoms. The molecule has 0 aliphatic rings. The van der Waals surface area contributed by atoms with E-state index in [-0.39, 0.29) is 0 Å². The van der Waals surface area contributed by atoms with E-state index in [2.05, 4.69) is 35.8 Å². The molecule has 2 rings (SSSR count). The first kappa shape index (κ1) is 15.2. The minimum atomic E-state index is 0.490. The van der Waals surface area contributed by atoms with Crippen molar-refractivity contribution in [3.05, 3.63) is 23.4 Å². The van der Waals surface area contributed by atoms with Crippen LogP contribution in [0.3, 0.4) is 0 Å². The Morgan fingerprint density at radius 1 is 1.35 bits per heavy atom. The molecule has 0 saturated carbocycles. The number of unbranched alkanes of at least 4 members (excludes halogenated alkanes) is 2. The molecule has 0 aliphatic carbocycles. The number of hydrogen-bond acceptors (Lipinski definition) is 5. The zero-order valence-corrected chi connectivity index (χ0v) is 13.3. The zero-order chi connectivity index (χ0) is 14.4. The monoisotopic (exact) mass is 293 g/mol. The van der Waals surface area contributed by atoms with Crippen LogP contribution in [-0.2, 0) is 6.54 Å². The molecule has 0 atom stereocenters. The second-order valence-corrected chi connectivity index (χ2v) is 6.21. The number of thiophene rings is 1. The highest BCUT2D eigenvalue weighted by Gasteiger charge is 2.15. The summed E-state index contributed by atoms with van der Waals surface area (Å²) in [6, 6.07) is 4.51. The van der Waals surface area contributed by atoms with Crippen molar-refractivity contribution in [2.24, 2.45) is 0 Å². The van der Waals surface area contributed by atoms with Gasteiger partial charge in [0.15, 0.2) is 0 Å². The summed E-state index contributed by atoms with van der Waals surface area (Å²) < 4.78 is 5.38. The van der Waals surface area contributed by atoms with Crippen LogP contribution in [0.4, 0.5) is 0 Å². The first-order chi connectivity index (χ1) is 9.70. The summed E-state index contributed by atoms with van der Waals surface area (Å²) in [7, 11) is 0. The van der Waals surface area contributed by atoms with Crippen molar-refractivity contribution in [3.63, 3.8) is 0 Å². The first-order valence-corrected chi connectivity index (χ1v) is 8.19. The molecule has 110 valence electrons. The molecule has 0 N–H and O–H groups in total. The molecule has 4 nitrogen and oxygen atoms in total. The number of rotatable bonds is 8. The number of nitrogens with zero attached hydrogens (tertiary/aromatic N) is 3. The van der Waals surface area contributed by atoms with Gasteiger partial charge in [-0.25, -0.2) is 0 Å². The summed E-state index contributed by atoms with van der Waals surface area (Å²) in [6.45, 7) is 8.47. The largest absolute Gasteiger partial charge is 0.338 e. The van der Waals surface area contributed by atoms with Crippen molar-refractivity contribution in [1.82, 2.24) is 15.0 Å². The van der Waals surface area contributed by atoms with Crippen LogP contribution >= 0.6 is 11.3 Å². The molecule has 0 saturated heterocycles. The summed E-state index contributed by atoms with van der Waals surface area (Å²) in [5.41, 5.74) is 0. The Balaban J connectivity index is 1.96. The fourth-order valence-corrected chi connectivity index (χ4v) is 2.73. The van der Waals surface area contributed by atoms with E-state index in [4.69, 9.17) is 4.52 Å². The quantitative estimate of drug-likeness (QED) is 0.684. The highest BCUT2D eigenvalue weighted by atomic mass is 32.1. The van der Waals surface area contributed by atoms with Crippen molar-refractivity contribution in [3.8, 4) is 10.7 Å². The Bertz CT molecular complexity index is 493. The van der Waals surface area contributed by atoms with Crippen molar-refractivity contribution in [2.75, 3.05) is 6.54 Å². The average Bonchev–Trinajstić information content (AvgIpc) is 3.08. The van der Waals surface area contributed by atoms with Crippen molar-refractivity contribution >= 4 is 11.3 Å². The maximum atomic E-state index is 5.38. The van der Waals surface area contributed by atoms with E-state index in [1.54, 1.807) is 11.3 Å². The summed E-state index contributed by atoms with van der Waals surface area (Å²) in [6.07, 6.45) is 3.74. The maximum Gasteiger partial charge on any atom is 0.241 e. The van der Waals surface area contributed by atoms with E-state index in [1.807, 2.05) is 17.5 Å². The van der Waals surface area contributed by atoms with Gasteiger partial charge in [0, 0.05) is 6.04 Å². The lowest BCUT2D eigenvalue weighted by Gasteiger charge is -2.24. The van der Waals surface area contributed by atoms with Crippen LogP contribution in [0.25, 0.3) is 10.7 Å². The minimum absolute atomic E-state index is 0.490. The predicted octanol–water partition coefficient (Wildman–Crippen LogP) is 4.20. The Labute approximate surface area is 124 Å². The van der Waals surface area contributed by atoms with Gasteiger partial charge in [-0.2, -0.15) is 4.98 Å². The minimum Gasteiger partial charge on any atom is -0.338 e. The Morgan fingerprint density at radius 3 is 2.85 bits per heavy atom. The molecule has 5 heteroatoms. The van der Waals surface area contributed by atoms with Crippen LogP contribution in [0.15, 0.2) is 22.0 Å².